The van der Waals surface area contributed by atoms with E-state index in [1.807, 2.05) is 0 Å². The van der Waals surface area contributed by atoms with Crippen LogP contribution in [0.5, 0.6) is 0 Å². The largest absolute Gasteiger partial charge is 0.273 e. The van der Waals surface area contributed by atoms with E-state index in [4.69, 9.17) is 23.2 Å². The number of hydrogen-bond acceptors (Lipinski definition) is 4. The molecule has 126 valence electrons. The normalized spacial score (nSPS) is 20.5. The predicted octanol–water partition coefficient (Wildman–Crippen LogP) is 2.80. The first-order valence-electron chi connectivity index (χ1n) is 6.87. The Morgan fingerprint density at radius 3 is 2.74 bits per heavy atom. The van der Waals surface area contributed by atoms with Crippen LogP contribution in [0.4, 0.5) is 4.39 Å². The fourth-order valence-corrected chi connectivity index (χ4v) is 4.91. The number of sulfone groups is 1. The molecule has 1 amide bonds. The van der Waals surface area contributed by atoms with Gasteiger partial charge >= 0.3 is 0 Å². The number of hydrogen-bond donors (Lipinski definition) is 1. The minimum Gasteiger partial charge on any atom is -0.273 e. The Kier molecular flexibility index (Phi) is 5.65. The number of nitrogens with zero attached hydrogens (tertiary/aromatic N) is 1. The molecule has 0 bridgehead atoms. The molecule has 1 aromatic rings. The van der Waals surface area contributed by atoms with Gasteiger partial charge in [-0.05, 0) is 31.4 Å². The molecule has 0 radical (unpaired) electrons. The zero-order valence-electron chi connectivity index (χ0n) is 12.3. The van der Waals surface area contributed by atoms with Crippen molar-refractivity contribution in [1.29, 1.82) is 0 Å². The Morgan fingerprint density at radius 2 is 2.13 bits per heavy atom. The lowest BCUT2D eigenvalue weighted by Gasteiger charge is -2.09. The molecular formula is C14H15Cl2FN2O3S. The Balaban J connectivity index is 2.03. The maximum absolute atomic E-state index is 13.5. The van der Waals surface area contributed by atoms with Crippen molar-refractivity contribution in [3.05, 3.63) is 33.6 Å². The van der Waals surface area contributed by atoms with Gasteiger partial charge in [-0.3, -0.25) is 4.79 Å². The molecule has 0 saturated carbocycles. The molecule has 1 aliphatic rings. The lowest BCUT2D eigenvalue weighted by atomic mass is 10.1. The minimum atomic E-state index is -3.02. The third-order valence-electron chi connectivity index (χ3n) is 3.55. The van der Waals surface area contributed by atoms with E-state index >= 15 is 0 Å². The van der Waals surface area contributed by atoms with Crippen LogP contribution >= 0.6 is 23.2 Å². The SMILES string of the molecule is C/C(=N/NC(=O)C[C@H]1CCS(=O)(=O)C1)c1c(Cl)ccc(F)c1Cl. The summed E-state index contributed by atoms with van der Waals surface area (Å²) in [5.74, 6) is -1.11. The van der Waals surface area contributed by atoms with Crippen LogP contribution in [0.3, 0.4) is 0 Å². The molecule has 1 saturated heterocycles. The number of halogens is 3. The number of hydrazone groups is 1. The van der Waals surface area contributed by atoms with Gasteiger partial charge in [-0.1, -0.05) is 23.2 Å². The van der Waals surface area contributed by atoms with Crippen molar-refractivity contribution < 1.29 is 17.6 Å². The molecule has 2 rings (SSSR count). The average molecular weight is 381 g/mol. The fourth-order valence-electron chi connectivity index (χ4n) is 2.40. The number of amides is 1. The topological polar surface area (TPSA) is 75.6 Å². The van der Waals surface area contributed by atoms with Crippen LogP contribution in [0.25, 0.3) is 0 Å². The quantitative estimate of drug-likeness (QED) is 0.495. The molecule has 0 aromatic heterocycles. The molecule has 1 atom stereocenters. The van der Waals surface area contributed by atoms with Gasteiger partial charge in [0.1, 0.15) is 5.82 Å². The maximum atomic E-state index is 13.5. The maximum Gasteiger partial charge on any atom is 0.240 e. The standard InChI is InChI=1S/C14H15Cl2FN2O3S/c1-8(13-10(15)2-3-11(17)14(13)16)18-19-12(20)6-9-4-5-23(21,22)7-9/h2-3,9H,4-7H2,1H3,(H,19,20)/b18-8-/t9-/m1/s1. The van der Waals surface area contributed by atoms with Crippen LogP contribution in [0.2, 0.25) is 10.0 Å². The van der Waals surface area contributed by atoms with E-state index < -0.39 is 21.6 Å². The number of benzene rings is 1. The highest BCUT2D eigenvalue weighted by molar-refractivity contribution is 7.91. The zero-order valence-corrected chi connectivity index (χ0v) is 14.6. The Labute approximate surface area is 143 Å². The molecule has 1 fully saturated rings. The van der Waals surface area contributed by atoms with Gasteiger partial charge in [0.15, 0.2) is 9.84 Å². The van der Waals surface area contributed by atoms with Crippen LogP contribution in [-0.4, -0.2) is 31.5 Å². The highest BCUT2D eigenvalue weighted by Crippen LogP contribution is 2.27. The molecule has 0 aliphatic carbocycles. The van der Waals surface area contributed by atoms with Crippen LogP contribution in [0.1, 0.15) is 25.3 Å². The van der Waals surface area contributed by atoms with Gasteiger partial charge in [-0.2, -0.15) is 5.10 Å². The predicted molar refractivity (Wildman–Crippen MR) is 88.2 cm³/mol. The summed E-state index contributed by atoms with van der Waals surface area (Å²) in [6.45, 7) is 1.53. The molecule has 1 N–H and O–H groups in total. The summed E-state index contributed by atoms with van der Waals surface area (Å²) in [4.78, 5) is 11.8. The Bertz CT molecular complexity index is 766. The zero-order chi connectivity index (χ0) is 17.2. The van der Waals surface area contributed by atoms with Crippen molar-refractivity contribution in [2.75, 3.05) is 11.5 Å². The van der Waals surface area contributed by atoms with Gasteiger partial charge in [0.2, 0.25) is 5.91 Å². The number of nitrogens with one attached hydrogen (secondary N) is 1. The summed E-state index contributed by atoms with van der Waals surface area (Å²) >= 11 is 11.8. The van der Waals surface area contributed by atoms with Crippen LogP contribution in [0, 0.1) is 11.7 Å². The van der Waals surface area contributed by atoms with Gasteiger partial charge < -0.3 is 0 Å². The third-order valence-corrected chi connectivity index (χ3v) is 6.08. The minimum absolute atomic E-state index is 0.0185. The van der Waals surface area contributed by atoms with Crippen LogP contribution < -0.4 is 5.43 Å². The first-order valence-corrected chi connectivity index (χ1v) is 9.45. The molecule has 1 aromatic carbocycles. The lowest BCUT2D eigenvalue weighted by molar-refractivity contribution is -0.121. The van der Waals surface area contributed by atoms with Crippen molar-refractivity contribution in [3.8, 4) is 0 Å². The Morgan fingerprint density at radius 1 is 1.43 bits per heavy atom. The van der Waals surface area contributed by atoms with Crippen molar-refractivity contribution in [2.45, 2.75) is 19.8 Å². The van der Waals surface area contributed by atoms with E-state index in [1.165, 1.54) is 13.0 Å². The second-order valence-corrected chi connectivity index (χ2v) is 8.44. The highest BCUT2D eigenvalue weighted by atomic mass is 35.5. The van der Waals surface area contributed by atoms with Gasteiger partial charge in [-0.15, -0.1) is 0 Å². The molecule has 9 heteroatoms. The summed E-state index contributed by atoms with van der Waals surface area (Å²) in [7, 11) is -3.02. The van der Waals surface area contributed by atoms with E-state index in [-0.39, 0.29) is 45.2 Å². The van der Waals surface area contributed by atoms with Crippen molar-refractivity contribution in [3.63, 3.8) is 0 Å². The summed E-state index contributed by atoms with van der Waals surface area (Å²) in [5.41, 5.74) is 2.79. The molecule has 0 unspecified atom stereocenters. The second kappa shape index (κ2) is 7.15. The molecular weight excluding hydrogens is 366 g/mol. The van der Waals surface area contributed by atoms with Gasteiger partial charge in [0.05, 0.1) is 27.3 Å². The Hall–Kier alpha value is -1.18. The number of carbonyl (C=O) groups is 1. The molecule has 23 heavy (non-hydrogen) atoms. The van der Waals surface area contributed by atoms with E-state index in [0.29, 0.717) is 6.42 Å². The fraction of sp³-hybridized carbons (Fsp3) is 0.429. The van der Waals surface area contributed by atoms with E-state index in [1.54, 1.807) is 0 Å². The monoisotopic (exact) mass is 380 g/mol. The van der Waals surface area contributed by atoms with E-state index in [9.17, 15) is 17.6 Å². The van der Waals surface area contributed by atoms with Gasteiger partial charge in [0.25, 0.3) is 0 Å². The molecule has 1 heterocycles. The second-order valence-electron chi connectivity index (χ2n) is 5.42. The summed E-state index contributed by atoms with van der Waals surface area (Å²) in [5, 5.41) is 3.91. The van der Waals surface area contributed by atoms with Crippen LogP contribution in [-0.2, 0) is 14.6 Å². The van der Waals surface area contributed by atoms with Gasteiger partial charge in [0, 0.05) is 12.0 Å². The lowest BCUT2D eigenvalue weighted by Crippen LogP contribution is -2.23. The molecule has 1 aliphatic heterocycles. The molecule has 0 spiro atoms. The average Bonchev–Trinajstić information content (AvgIpc) is 2.80. The summed E-state index contributed by atoms with van der Waals surface area (Å²) < 4.78 is 36.2. The molecule has 5 nitrogen and oxygen atoms in total. The number of rotatable bonds is 4. The first-order chi connectivity index (χ1) is 10.7. The van der Waals surface area contributed by atoms with Crippen molar-refractivity contribution >= 4 is 44.7 Å². The van der Waals surface area contributed by atoms with Crippen molar-refractivity contribution in [1.82, 2.24) is 5.43 Å². The number of carbonyl (C=O) groups excluding carboxylic acids is 1. The first kappa shape index (κ1) is 18.2. The van der Waals surface area contributed by atoms with Gasteiger partial charge in [-0.25, -0.2) is 18.2 Å². The van der Waals surface area contributed by atoms with Crippen LogP contribution in [0.15, 0.2) is 17.2 Å². The smallest absolute Gasteiger partial charge is 0.240 e. The highest BCUT2D eigenvalue weighted by Gasteiger charge is 2.29. The van der Waals surface area contributed by atoms with E-state index in [0.717, 1.165) is 6.07 Å². The van der Waals surface area contributed by atoms with Crippen molar-refractivity contribution in [2.24, 2.45) is 11.0 Å². The van der Waals surface area contributed by atoms with E-state index in [2.05, 4.69) is 10.5 Å². The third kappa shape index (κ3) is 4.65. The summed E-state index contributed by atoms with van der Waals surface area (Å²) in [6.07, 6.45) is 0.542. The summed E-state index contributed by atoms with van der Waals surface area (Å²) in [6, 6.07) is 2.49.